The van der Waals surface area contributed by atoms with E-state index in [-0.39, 0.29) is 49.4 Å². The standard InChI is InChI=1S/C31H37ClFN3O4S/c1-23(2)21-34-31(38)29(20-24-11-5-4-6-12-24)35(22-25-13-9-14-26(32)19-25)30(37)17-10-18-36(41(3,39)40)28-16-8-7-15-27(28)33/h4-9,11-16,19,23,29H,10,17-18,20-22H2,1-3H3,(H,34,38)/t29-/m0/s1. The van der Waals surface area contributed by atoms with E-state index in [0.717, 1.165) is 21.7 Å². The van der Waals surface area contributed by atoms with E-state index in [1.54, 1.807) is 24.3 Å². The minimum atomic E-state index is -3.81. The summed E-state index contributed by atoms with van der Waals surface area (Å²) in [7, 11) is -3.81. The molecule has 0 saturated heterocycles. The fourth-order valence-corrected chi connectivity index (χ4v) is 5.62. The molecule has 3 aromatic rings. The summed E-state index contributed by atoms with van der Waals surface area (Å²) in [6.07, 6.45) is 1.37. The maximum atomic E-state index is 14.5. The van der Waals surface area contributed by atoms with Crippen molar-refractivity contribution in [1.29, 1.82) is 0 Å². The third-order valence-corrected chi connectivity index (χ3v) is 7.89. The number of sulfonamides is 1. The first-order valence-electron chi connectivity index (χ1n) is 13.5. The van der Waals surface area contributed by atoms with Gasteiger partial charge in [-0.1, -0.05) is 80.0 Å². The van der Waals surface area contributed by atoms with Crippen LogP contribution in [0.25, 0.3) is 0 Å². The maximum absolute atomic E-state index is 14.5. The molecule has 41 heavy (non-hydrogen) atoms. The van der Waals surface area contributed by atoms with Gasteiger partial charge in [0.1, 0.15) is 11.9 Å². The predicted molar refractivity (Wildman–Crippen MR) is 162 cm³/mol. The van der Waals surface area contributed by atoms with Crippen molar-refractivity contribution in [2.24, 2.45) is 5.92 Å². The number of nitrogens with one attached hydrogen (secondary N) is 1. The van der Waals surface area contributed by atoms with Crippen LogP contribution in [0.3, 0.4) is 0 Å². The Balaban J connectivity index is 1.89. The molecule has 0 heterocycles. The van der Waals surface area contributed by atoms with Crippen molar-refractivity contribution in [3.8, 4) is 0 Å². The molecule has 3 rings (SSSR count). The molecule has 1 atom stereocenters. The largest absolute Gasteiger partial charge is 0.354 e. The van der Waals surface area contributed by atoms with Crippen LogP contribution in [0.1, 0.15) is 37.8 Å². The number of halogens is 2. The van der Waals surface area contributed by atoms with E-state index in [0.29, 0.717) is 18.0 Å². The van der Waals surface area contributed by atoms with Crippen LogP contribution in [-0.4, -0.2) is 50.5 Å². The molecule has 0 spiro atoms. The number of nitrogens with zero attached hydrogens (tertiary/aromatic N) is 2. The number of hydrogen-bond donors (Lipinski definition) is 1. The lowest BCUT2D eigenvalue weighted by atomic mass is 10.0. The summed E-state index contributed by atoms with van der Waals surface area (Å²) >= 11 is 6.22. The van der Waals surface area contributed by atoms with Gasteiger partial charge >= 0.3 is 0 Å². The van der Waals surface area contributed by atoms with Gasteiger partial charge in [-0.05, 0) is 47.7 Å². The van der Waals surface area contributed by atoms with Crippen LogP contribution >= 0.6 is 11.6 Å². The molecule has 0 radical (unpaired) electrons. The highest BCUT2D eigenvalue weighted by Crippen LogP contribution is 2.23. The molecule has 1 N–H and O–H groups in total. The topological polar surface area (TPSA) is 86.8 Å². The molecule has 0 unspecified atom stereocenters. The van der Waals surface area contributed by atoms with Gasteiger partial charge in [0.25, 0.3) is 0 Å². The zero-order chi connectivity index (χ0) is 30.0. The van der Waals surface area contributed by atoms with E-state index in [2.05, 4.69) is 5.32 Å². The average molecular weight is 602 g/mol. The monoisotopic (exact) mass is 601 g/mol. The Morgan fingerprint density at radius 3 is 2.24 bits per heavy atom. The second kappa shape index (κ2) is 15.0. The number of carbonyl (C=O) groups is 2. The van der Waals surface area contributed by atoms with Crippen molar-refractivity contribution < 1.29 is 22.4 Å². The molecule has 3 aromatic carbocycles. The molecule has 0 fully saturated rings. The minimum absolute atomic E-state index is 0.0518. The quantitative estimate of drug-likeness (QED) is 0.267. The second-order valence-electron chi connectivity index (χ2n) is 10.4. The normalized spacial score (nSPS) is 12.1. The van der Waals surface area contributed by atoms with Crippen LogP contribution in [0.2, 0.25) is 5.02 Å². The first-order valence-corrected chi connectivity index (χ1v) is 15.8. The molecule has 0 aromatic heterocycles. The maximum Gasteiger partial charge on any atom is 0.243 e. The number of para-hydroxylation sites is 1. The second-order valence-corrected chi connectivity index (χ2v) is 12.7. The average Bonchev–Trinajstić information content (AvgIpc) is 2.92. The molecular weight excluding hydrogens is 565 g/mol. The van der Waals surface area contributed by atoms with Gasteiger partial charge in [-0.3, -0.25) is 13.9 Å². The number of benzene rings is 3. The van der Waals surface area contributed by atoms with Gasteiger partial charge < -0.3 is 10.2 Å². The fraction of sp³-hybridized carbons (Fsp3) is 0.355. The first-order chi connectivity index (χ1) is 19.5. The summed E-state index contributed by atoms with van der Waals surface area (Å²) in [5.41, 5.74) is 1.57. The molecule has 220 valence electrons. The predicted octanol–water partition coefficient (Wildman–Crippen LogP) is 5.44. The van der Waals surface area contributed by atoms with Crippen molar-refractivity contribution >= 4 is 39.1 Å². The molecule has 0 bridgehead atoms. The first kappa shape index (κ1) is 32.1. The van der Waals surface area contributed by atoms with Gasteiger partial charge in [0.15, 0.2) is 0 Å². The van der Waals surface area contributed by atoms with Gasteiger partial charge in [-0.2, -0.15) is 0 Å². The lowest BCUT2D eigenvalue weighted by Gasteiger charge is -2.32. The Kier molecular flexibility index (Phi) is 11.7. The van der Waals surface area contributed by atoms with Crippen LogP contribution in [0, 0.1) is 11.7 Å². The number of anilines is 1. The van der Waals surface area contributed by atoms with Crippen LogP contribution in [0.5, 0.6) is 0 Å². The summed E-state index contributed by atoms with van der Waals surface area (Å²) < 4.78 is 40.4. The van der Waals surface area contributed by atoms with Crippen molar-refractivity contribution in [3.63, 3.8) is 0 Å². The van der Waals surface area contributed by atoms with Crippen LogP contribution in [0.4, 0.5) is 10.1 Å². The van der Waals surface area contributed by atoms with Crippen molar-refractivity contribution in [3.05, 3.63) is 101 Å². The Morgan fingerprint density at radius 2 is 1.61 bits per heavy atom. The van der Waals surface area contributed by atoms with Crippen molar-refractivity contribution in [2.45, 2.75) is 45.7 Å². The highest BCUT2D eigenvalue weighted by Gasteiger charge is 2.31. The van der Waals surface area contributed by atoms with Crippen LogP contribution in [-0.2, 0) is 32.6 Å². The van der Waals surface area contributed by atoms with Crippen molar-refractivity contribution in [1.82, 2.24) is 10.2 Å². The molecule has 2 amide bonds. The lowest BCUT2D eigenvalue weighted by molar-refractivity contribution is -0.141. The van der Waals surface area contributed by atoms with Gasteiger partial charge in [-0.15, -0.1) is 0 Å². The Bertz CT molecular complexity index is 1420. The summed E-state index contributed by atoms with van der Waals surface area (Å²) in [5, 5.41) is 3.48. The Hall–Kier alpha value is -3.43. The van der Waals surface area contributed by atoms with E-state index in [9.17, 15) is 22.4 Å². The van der Waals surface area contributed by atoms with E-state index in [4.69, 9.17) is 11.6 Å². The number of rotatable bonds is 14. The summed E-state index contributed by atoms with van der Waals surface area (Å²) in [4.78, 5) is 28.9. The summed E-state index contributed by atoms with van der Waals surface area (Å²) in [6.45, 7) is 4.47. The van der Waals surface area contributed by atoms with Gasteiger partial charge in [0, 0.05) is 37.5 Å². The minimum Gasteiger partial charge on any atom is -0.354 e. The third kappa shape index (κ3) is 9.86. The van der Waals surface area contributed by atoms with E-state index < -0.39 is 21.9 Å². The van der Waals surface area contributed by atoms with E-state index >= 15 is 0 Å². The highest BCUT2D eigenvalue weighted by molar-refractivity contribution is 7.92. The van der Waals surface area contributed by atoms with Crippen LogP contribution < -0.4 is 9.62 Å². The summed E-state index contributed by atoms with van der Waals surface area (Å²) in [5.74, 6) is -1.06. The Morgan fingerprint density at radius 1 is 0.951 bits per heavy atom. The van der Waals surface area contributed by atoms with Crippen molar-refractivity contribution in [2.75, 3.05) is 23.7 Å². The van der Waals surface area contributed by atoms with E-state index in [1.807, 2.05) is 50.2 Å². The fourth-order valence-electron chi connectivity index (χ4n) is 4.44. The third-order valence-electron chi connectivity index (χ3n) is 6.47. The molecule has 0 aliphatic rings. The van der Waals surface area contributed by atoms with Gasteiger partial charge in [0.2, 0.25) is 21.8 Å². The lowest BCUT2D eigenvalue weighted by Crippen LogP contribution is -2.51. The molecule has 7 nitrogen and oxygen atoms in total. The zero-order valence-electron chi connectivity index (χ0n) is 23.6. The SMILES string of the molecule is CC(C)CNC(=O)[C@H](Cc1ccccc1)N(Cc1cccc(Cl)c1)C(=O)CCCN(c1ccccc1F)S(C)(=O)=O. The smallest absolute Gasteiger partial charge is 0.243 e. The molecule has 0 aliphatic carbocycles. The molecule has 0 saturated carbocycles. The molecule has 0 aliphatic heterocycles. The highest BCUT2D eigenvalue weighted by atomic mass is 35.5. The number of hydrogen-bond acceptors (Lipinski definition) is 4. The number of amides is 2. The molecule has 10 heteroatoms. The van der Waals surface area contributed by atoms with Gasteiger partial charge in [-0.25, -0.2) is 12.8 Å². The zero-order valence-corrected chi connectivity index (χ0v) is 25.2. The Labute approximate surface area is 247 Å². The molecular formula is C31H37ClFN3O4S. The number of carbonyl (C=O) groups excluding carboxylic acids is 2. The summed E-state index contributed by atoms with van der Waals surface area (Å²) in [6, 6.07) is 21.3. The van der Waals surface area contributed by atoms with E-state index in [1.165, 1.54) is 23.1 Å². The van der Waals surface area contributed by atoms with Crippen LogP contribution in [0.15, 0.2) is 78.9 Å². The van der Waals surface area contributed by atoms with Gasteiger partial charge in [0.05, 0.1) is 11.9 Å².